The first-order valence-corrected chi connectivity index (χ1v) is 4.36. The van der Waals surface area contributed by atoms with Crippen LogP contribution in [0.25, 0.3) is 0 Å². The van der Waals surface area contributed by atoms with Crippen LogP contribution in [0.1, 0.15) is 30.9 Å². The average Bonchev–Trinajstić information content (AvgIpc) is 1.97. The van der Waals surface area contributed by atoms with E-state index in [0.717, 1.165) is 5.56 Å². The molecule has 1 aromatic rings. The number of hydrogen-bond donors (Lipinski definition) is 0. The smallest absolute Gasteiger partial charge is 0.128 e. The van der Waals surface area contributed by atoms with Crippen LogP contribution in [-0.2, 0) is 0 Å². The summed E-state index contributed by atoms with van der Waals surface area (Å²) in [5, 5.41) is 0.560. The van der Waals surface area contributed by atoms with E-state index in [0.29, 0.717) is 10.6 Å². The van der Waals surface area contributed by atoms with Crippen molar-refractivity contribution in [3.05, 3.63) is 34.1 Å². The second-order valence-corrected chi connectivity index (χ2v) is 3.62. The van der Waals surface area contributed by atoms with Crippen molar-refractivity contribution in [3.8, 4) is 0 Å². The van der Waals surface area contributed by atoms with Crippen molar-refractivity contribution >= 4 is 11.6 Å². The van der Waals surface area contributed by atoms with Gasteiger partial charge in [0.15, 0.2) is 0 Å². The van der Waals surface area contributed by atoms with E-state index in [4.69, 9.17) is 11.6 Å². The molecule has 1 aromatic carbocycles. The highest BCUT2D eigenvalue weighted by Gasteiger charge is 2.12. The van der Waals surface area contributed by atoms with Gasteiger partial charge in [0.2, 0.25) is 0 Å². The van der Waals surface area contributed by atoms with E-state index in [1.54, 1.807) is 6.07 Å². The zero-order valence-electron chi connectivity index (χ0n) is 7.49. The van der Waals surface area contributed by atoms with Crippen LogP contribution < -0.4 is 0 Å². The van der Waals surface area contributed by atoms with Gasteiger partial charge in [0.05, 0.1) is 0 Å². The molecule has 0 atom stereocenters. The first-order valence-electron chi connectivity index (χ1n) is 3.98. The second kappa shape index (κ2) is 3.44. The molecule has 0 aliphatic heterocycles. The van der Waals surface area contributed by atoms with Crippen molar-refractivity contribution in [1.29, 1.82) is 0 Å². The molecule has 0 heterocycles. The van der Waals surface area contributed by atoms with Crippen molar-refractivity contribution in [2.24, 2.45) is 0 Å². The Morgan fingerprint density at radius 3 is 2.33 bits per heavy atom. The standard InChI is InChI=1S/C10H12ClF/c1-6(2)9-8(12)5-4-7(3)10(9)11/h4-6H,1-3H3. The van der Waals surface area contributed by atoms with Gasteiger partial charge in [-0.3, -0.25) is 0 Å². The molecule has 66 valence electrons. The number of aryl methyl sites for hydroxylation is 1. The topological polar surface area (TPSA) is 0 Å². The molecule has 0 N–H and O–H groups in total. The lowest BCUT2D eigenvalue weighted by molar-refractivity contribution is 0.598. The van der Waals surface area contributed by atoms with E-state index in [2.05, 4.69) is 0 Å². The fourth-order valence-corrected chi connectivity index (χ4v) is 1.58. The van der Waals surface area contributed by atoms with Gasteiger partial charge in [-0.05, 0) is 24.5 Å². The second-order valence-electron chi connectivity index (χ2n) is 3.25. The molecular formula is C10H12ClF. The molecule has 0 amide bonds. The van der Waals surface area contributed by atoms with Crippen molar-refractivity contribution in [3.63, 3.8) is 0 Å². The van der Waals surface area contributed by atoms with E-state index >= 15 is 0 Å². The summed E-state index contributed by atoms with van der Waals surface area (Å²) in [6, 6.07) is 3.17. The highest BCUT2D eigenvalue weighted by atomic mass is 35.5. The normalized spacial score (nSPS) is 10.8. The Balaban J connectivity index is 3.33. The molecular weight excluding hydrogens is 175 g/mol. The summed E-state index contributed by atoms with van der Waals surface area (Å²) in [5.74, 6) is -0.0713. The number of benzene rings is 1. The lowest BCUT2D eigenvalue weighted by Crippen LogP contribution is -1.95. The van der Waals surface area contributed by atoms with Gasteiger partial charge in [0.25, 0.3) is 0 Å². The van der Waals surface area contributed by atoms with Gasteiger partial charge in [-0.1, -0.05) is 31.5 Å². The van der Waals surface area contributed by atoms with Crippen molar-refractivity contribution in [2.75, 3.05) is 0 Å². The third-order valence-electron chi connectivity index (χ3n) is 1.90. The molecule has 1 rings (SSSR count). The van der Waals surface area contributed by atoms with Crippen LogP contribution >= 0.6 is 11.6 Å². The van der Waals surface area contributed by atoms with E-state index in [9.17, 15) is 4.39 Å². The van der Waals surface area contributed by atoms with Crippen LogP contribution in [0.4, 0.5) is 4.39 Å². The fraction of sp³-hybridized carbons (Fsp3) is 0.400. The quantitative estimate of drug-likeness (QED) is 0.624. The number of hydrogen-bond acceptors (Lipinski definition) is 0. The van der Waals surface area contributed by atoms with Gasteiger partial charge in [0.1, 0.15) is 5.82 Å². The predicted octanol–water partition coefficient (Wildman–Crippen LogP) is 3.91. The van der Waals surface area contributed by atoms with Gasteiger partial charge in [0, 0.05) is 10.6 Å². The monoisotopic (exact) mass is 186 g/mol. The van der Waals surface area contributed by atoms with E-state index in [1.807, 2.05) is 20.8 Å². The minimum atomic E-state index is -0.208. The van der Waals surface area contributed by atoms with Gasteiger partial charge in [-0.25, -0.2) is 4.39 Å². The Morgan fingerprint density at radius 1 is 1.33 bits per heavy atom. The van der Waals surface area contributed by atoms with E-state index in [1.165, 1.54) is 6.07 Å². The molecule has 0 fully saturated rings. The Hall–Kier alpha value is -0.560. The van der Waals surface area contributed by atoms with Crippen molar-refractivity contribution in [1.82, 2.24) is 0 Å². The number of rotatable bonds is 1. The van der Waals surface area contributed by atoms with Crippen LogP contribution in [0.2, 0.25) is 5.02 Å². The lowest BCUT2D eigenvalue weighted by Gasteiger charge is -2.10. The zero-order chi connectivity index (χ0) is 9.30. The maximum Gasteiger partial charge on any atom is 0.128 e. The molecule has 0 saturated carbocycles. The molecule has 0 radical (unpaired) electrons. The molecule has 0 unspecified atom stereocenters. The Labute approximate surface area is 77.4 Å². The lowest BCUT2D eigenvalue weighted by atomic mass is 10.0. The SMILES string of the molecule is Cc1ccc(F)c(C(C)C)c1Cl. The molecule has 0 saturated heterocycles. The van der Waals surface area contributed by atoms with Crippen LogP contribution in [0.15, 0.2) is 12.1 Å². The molecule has 0 aliphatic rings. The van der Waals surface area contributed by atoms with Crippen molar-refractivity contribution in [2.45, 2.75) is 26.7 Å². The maximum absolute atomic E-state index is 13.2. The van der Waals surface area contributed by atoms with Crippen LogP contribution in [0.5, 0.6) is 0 Å². The summed E-state index contributed by atoms with van der Waals surface area (Å²) in [4.78, 5) is 0. The molecule has 12 heavy (non-hydrogen) atoms. The molecule has 0 aromatic heterocycles. The van der Waals surface area contributed by atoms with Crippen LogP contribution in [0.3, 0.4) is 0 Å². The largest absolute Gasteiger partial charge is 0.207 e. The molecule has 0 spiro atoms. The van der Waals surface area contributed by atoms with E-state index < -0.39 is 0 Å². The molecule has 2 heteroatoms. The van der Waals surface area contributed by atoms with Gasteiger partial charge in [-0.2, -0.15) is 0 Å². The first-order chi connectivity index (χ1) is 5.54. The predicted molar refractivity (Wildman–Crippen MR) is 50.2 cm³/mol. The Kier molecular flexibility index (Phi) is 2.73. The fourth-order valence-electron chi connectivity index (χ4n) is 1.21. The Bertz CT molecular complexity index is 292. The summed E-state index contributed by atoms with van der Waals surface area (Å²) >= 11 is 5.95. The van der Waals surface area contributed by atoms with Gasteiger partial charge < -0.3 is 0 Å². The third kappa shape index (κ3) is 1.61. The minimum Gasteiger partial charge on any atom is -0.207 e. The summed E-state index contributed by atoms with van der Waals surface area (Å²) < 4.78 is 13.2. The van der Waals surface area contributed by atoms with Gasteiger partial charge >= 0.3 is 0 Å². The maximum atomic E-state index is 13.2. The highest BCUT2D eigenvalue weighted by molar-refractivity contribution is 6.32. The van der Waals surface area contributed by atoms with Crippen LogP contribution in [-0.4, -0.2) is 0 Å². The first kappa shape index (κ1) is 9.53. The van der Waals surface area contributed by atoms with Gasteiger partial charge in [-0.15, -0.1) is 0 Å². The summed E-state index contributed by atoms with van der Waals surface area (Å²) in [5.41, 5.74) is 1.55. The third-order valence-corrected chi connectivity index (χ3v) is 2.40. The minimum absolute atomic E-state index is 0.136. The summed E-state index contributed by atoms with van der Waals surface area (Å²) in [6.07, 6.45) is 0. The number of halogens is 2. The van der Waals surface area contributed by atoms with Crippen LogP contribution in [0, 0.1) is 12.7 Å². The molecule has 0 bridgehead atoms. The highest BCUT2D eigenvalue weighted by Crippen LogP contribution is 2.29. The average molecular weight is 187 g/mol. The van der Waals surface area contributed by atoms with E-state index in [-0.39, 0.29) is 11.7 Å². The summed E-state index contributed by atoms with van der Waals surface area (Å²) in [6.45, 7) is 5.75. The van der Waals surface area contributed by atoms with Crippen molar-refractivity contribution < 1.29 is 4.39 Å². The summed E-state index contributed by atoms with van der Waals surface area (Å²) in [7, 11) is 0. The zero-order valence-corrected chi connectivity index (χ0v) is 8.24. The molecule has 0 aliphatic carbocycles. The Morgan fingerprint density at radius 2 is 1.92 bits per heavy atom. The molecule has 0 nitrogen and oxygen atoms in total.